The minimum absolute atomic E-state index is 0. The first-order chi connectivity index (χ1) is 12.5. The average Bonchev–Trinajstić information content (AvgIpc) is 3.00. The Kier molecular flexibility index (Phi) is 10.6. The molecular formula is C18H25ClIN5OS. The highest BCUT2D eigenvalue weighted by Gasteiger charge is 2.07. The van der Waals surface area contributed by atoms with Gasteiger partial charge in [-0.05, 0) is 38.5 Å². The van der Waals surface area contributed by atoms with Gasteiger partial charge in [0, 0.05) is 30.6 Å². The van der Waals surface area contributed by atoms with Crippen LogP contribution in [-0.2, 0) is 11.3 Å². The first-order valence-electron chi connectivity index (χ1n) is 8.47. The fraction of sp³-hybridized carbons (Fsp3) is 0.389. The van der Waals surface area contributed by atoms with E-state index in [9.17, 15) is 4.79 Å². The topological polar surface area (TPSA) is 78.4 Å². The number of thiazole rings is 1. The third-order valence-corrected chi connectivity index (χ3v) is 4.64. The molecule has 0 aliphatic rings. The van der Waals surface area contributed by atoms with Gasteiger partial charge in [-0.25, -0.2) is 9.98 Å². The standard InChI is InChI=1S/C18H24ClN5OS.HI/c1-4-20-18(23-11-17-22-10-13(3)26-17)21-8-7-16(25)24-15-6-5-12(2)9-14(15)19;/h5-6,9-10H,4,7-8,11H2,1-3H3,(H,24,25)(H2,20,21,23);1H. The van der Waals surface area contributed by atoms with Crippen LogP contribution in [0.1, 0.15) is 28.8 Å². The number of carbonyl (C=O) groups is 1. The van der Waals surface area contributed by atoms with E-state index in [-0.39, 0.29) is 29.9 Å². The van der Waals surface area contributed by atoms with Gasteiger partial charge in [0.05, 0.1) is 17.3 Å². The Morgan fingerprint density at radius 1 is 1.30 bits per heavy atom. The number of nitrogens with zero attached hydrogens (tertiary/aromatic N) is 2. The van der Waals surface area contributed by atoms with Crippen LogP contribution in [0.25, 0.3) is 0 Å². The lowest BCUT2D eigenvalue weighted by Gasteiger charge is -2.11. The molecule has 2 rings (SSSR count). The lowest BCUT2D eigenvalue weighted by molar-refractivity contribution is -0.116. The van der Waals surface area contributed by atoms with Gasteiger partial charge in [0.1, 0.15) is 5.01 Å². The van der Waals surface area contributed by atoms with Crippen molar-refractivity contribution in [3.63, 3.8) is 0 Å². The number of aliphatic imine (C=N–C) groups is 1. The monoisotopic (exact) mass is 521 g/mol. The number of amides is 1. The molecule has 0 saturated heterocycles. The Labute approximate surface area is 186 Å². The second-order valence-corrected chi connectivity index (χ2v) is 7.49. The number of aryl methyl sites for hydroxylation is 2. The van der Waals surface area contributed by atoms with Gasteiger partial charge in [-0.2, -0.15) is 0 Å². The van der Waals surface area contributed by atoms with E-state index in [0.29, 0.717) is 36.2 Å². The second-order valence-electron chi connectivity index (χ2n) is 5.77. The molecule has 148 valence electrons. The summed E-state index contributed by atoms with van der Waals surface area (Å²) in [7, 11) is 0. The zero-order chi connectivity index (χ0) is 18.9. The maximum Gasteiger partial charge on any atom is 0.226 e. The Balaban J connectivity index is 0.00000364. The van der Waals surface area contributed by atoms with Crippen LogP contribution in [-0.4, -0.2) is 29.9 Å². The van der Waals surface area contributed by atoms with E-state index >= 15 is 0 Å². The fourth-order valence-electron chi connectivity index (χ4n) is 2.19. The predicted octanol–water partition coefficient (Wildman–Crippen LogP) is 4.12. The van der Waals surface area contributed by atoms with Crippen molar-refractivity contribution in [2.75, 3.05) is 18.4 Å². The number of hydrogen-bond donors (Lipinski definition) is 3. The number of carbonyl (C=O) groups excluding carboxylic acids is 1. The normalized spacial score (nSPS) is 10.9. The van der Waals surface area contributed by atoms with E-state index in [4.69, 9.17) is 11.6 Å². The summed E-state index contributed by atoms with van der Waals surface area (Å²) in [6, 6.07) is 5.55. The number of anilines is 1. The highest BCUT2D eigenvalue weighted by Crippen LogP contribution is 2.22. The van der Waals surface area contributed by atoms with Gasteiger partial charge in [-0.15, -0.1) is 35.3 Å². The van der Waals surface area contributed by atoms with Crippen LogP contribution in [0.3, 0.4) is 0 Å². The van der Waals surface area contributed by atoms with E-state index in [1.54, 1.807) is 11.3 Å². The molecule has 0 unspecified atom stereocenters. The summed E-state index contributed by atoms with van der Waals surface area (Å²) in [4.78, 5) is 22.0. The van der Waals surface area contributed by atoms with Gasteiger partial charge < -0.3 is 16.0 Å². The molecule has 0 saturated carbocycles. The number of rotatable bonds is 7. The van der Waals surface area contributed by atoms with Crippen LogP contribution < -0.4 is 16.0 Å². The molecule has 9 heteroatoms. The molecule has 1 aromatic carbocycles. The second kappa shape index (κ2) is 12.1. The summed E-state index contributed by atoms with van der Waals surface area (Å²) in [6.45, 7) is 7.70. The number of nitrogens with one attached hydrogen (secondary N) is 3. The van der Waals surface area contributed by atoms with Crippen molar-refractivity contribution in [2.24, 2.45) is 4.99 Å². The van der Waals surface area contributed by atoms with Crippen molar-refractivity contribution >= 4 is 64.5 Å². The predicted molar refractivity (Wildman–Crippen MR) is 125 cm³/mol. The minimum Gasteiger partial charge on any atom is -0.357 e. The van der Waals surface area contributed by atoms with Crippen molar-refractivity contribution in [3.8, 4) is 0 Å². The third-order valence-electron chi connectivity index (χ3n) is 3.43. The van der Waals surface area contributed by atoms with E-state index in [0.717, 1.165) is 17.1 Å². The van der Waals surface area contributed by atoms with Crippen molar-refractivity contribution in [2.45, 2.75) is 33.7 Å². The molecule has 0 spiro atoms. The number of guanidine groups is 1. The maximum atomic E-state index is 12.1. The SMILES string of the molecule is CCNC(=NCc1ncc(C)s1)NCCC(=O)Nc1ccc(C)cc1Cl.I. The van der Waals surface area contributed by atoms with Crippen LogP contribution in [0.15, 0.2) is 29.4 Å². The largest absolute Gasteiger partial charge is 0.357 e. The summed E-state index contributed by atoms with van der Waals surface area (Å²) in [5, 5.41) is 10.7. The molecule has 27 heavy (non-hydrogen) atoms. The quantitative estimate of drug-likeness (QED) is 0.291. The summed E-state index contributed by atoms with van der Waals surface area (Å²) in [5.74, 6) is 0.566. The van der Waals surface area contributed by atoms with Crippen LogP contribution in [0.4, 0.5) is 5.69 Å². The molecule has 0 atom stereocenters. The maximum absolute atomic E-state index is 12.1. The van der Waals surface area contributed by atoms with E-state index < -0.39 is 0 Å². The molecule has 6 nitrogen and oxygen atoms in total. The molecule has 0 fully saturated rings. The van der Waals surface area contributed by atoms with Gasteiger partial charge in [0.2, 0.25) is 5.91 Å². The molecule has 2 aromatic rings. The van der Waals surface area contributed by atoms with Gasteiger partial charge in [-0.3, -0.25) is 4.79 Å². The molecule has 0 aliphatic carbocycles. The number of halogens is 2. The van der Waals surface area contributed by atoms with E-state index in [2.05, 4.69) is 25.9 Å². The van der Waals surface area contributed by atoms with Gasteiger partial charge in [0.15, 0.2) is 5.96 Å². The first-order valence-corrected chi connectivity index (χ1v) is 9.67. The lowest BCUT2D eigenvalue weighted by atomic mass is 10.2. The van der Waals surface area contributed by atoms with Crippen LogP contribution >= 0.6 is 46.9 Å². The highest BCUT2D eigenvalue weighted by atomic mass is 127. The van der Waals surface area contributed by atoms with Crippen molar-refractivity contribution in [3.05, 3.63) is 44.9 Å². The Morgan fingerprint density at radius 3 is 2.70 bits per heavy atom. The van der Waals surface area contributed by atoms with Gasteiger partial charge >= 0.3 is 0 Å². The first kappa shape index (κ1) is 23.6. The summed E-state index contributed by atoms with van der Waals surface area (Å²) < 4.78 is 0. The number of hydrogen-bond acceptors (Lipinski definition) is 4. The fourth-order valence-corrected chi connectivity index (χ4v) is 3.19. The van der Waals surface area contributed by atoms with Crippen LogP contribution in [0.5, 0.6) is 0 Å². The smallest absolute Gasteiger partial charge is 0.226 e. The molecular weight excluding hydrogens is 497 g/mol. The van der Waals surface area contributed by atoms with E-state index in [1.165, 1.54) is 4.88 Å². The van der Waals surface area contributed by atoms with Crippen molar-refractivity contribution in [1.29, 1.82) is 0 Å². The minimum atomic E-state index is -0.102. The molecule has 1 aromatic heterocycles. The molecule has 0 radical (unpaired) electrons. The Bertz CT molecular complexity index is 781. The molecule has 0 bridgehead atoms. The zero-order valence-electron chi connectivity index (χ0n) is 15.6. The van der Waals surface area contributed by atoms with Gasteiger partial charge in [-0.1, -0.05) is 17.7 Å². The van der Waals surface area contributed by atoms with E-state index in [1.807, 2.05) is 45.2 Å². The summed E-state index contributed by atoms with van der Waals surface area (Å²) in [6.07, 6.45) is 2.15. The summed E-state index contributed by atoms with van der Waals surface area (Å²) >= 11 is 7.77. The van der Waals surface area contributed by atoms with Crippen molar-refractivity contribution < 1.29 is 4.79 Å². The molecule has 1 heterocycles. The third kappa shape index (κ3) is 8.44. The Morgan fingerprint density at radius 2 is 2.07 bits per heavy atom. The molecule has 0 aliphatic heterocycles. The highest BCUT2D eigenvalue weighted by molar-refractivity contribution is 14.0. The van der Waals surface area contributed by atoms with Gasteiger partial charge in [0.25, 0.3) is 0 Å². The van der Waals surface area contributed by atoms with Crippen molar-refractivity contribution in [1.82, 2.24) is 15.6 Å². The molecule has 3 N–H and O–H groups in total. The molecule has 1 amide bonds. The summed E-state index contributed by atoms with van der Waals surface area (Å²) in [5.41, 5.74) is 1.68. The lowest BCUT2D eigenvalue weighted by Crippen LogP contribution is -2.38. The number of benzene rings is 1. The zero-order valence-corrected chi connectivity index (χ0v) is 19.5. The van der Waals surface area contributed by atoms with Crippen LogP contribution in [0, 0.1) is 13.8 Å². The van der Waals surface area contributed by atoms with Crippen LogP contribution in [0.2, 0.25) is 5.02 Å². The average molecular weight is 522 g/mol. The number of aromatic nitrogens is 1. The Hall–Kier alpha value is -1.39.